The summed E-state index contributed by atoms with van der Waals surface area (Å²) >= 11 is 6.25. The summed E-state index contributed by atoms with van der Waals surface area (Å²) in [5, 5.41) is 3.47. The molecule has 1 aliphatic rings. The van der Waals surface area contributed by atoms with E-state index >= 15 is 0 Å². The van der Waals surface area contributed by atoms with Crippen LogP contribution in [0.3, 0.4) is 0 Å². The van der Waals surface area contributed by atoms with Crippen LogP contribution in [-0.4, -0.2) is 17.9 Å². The van der Waals surface area contributed by atoms with Gasteiger partial charge in [0.1, 0.15) is 5.75 Å². The second-order valence-electron chi connectivity index (χ2n) is 3.29. The lowest BCUT2D eigenvalue weighted by molar-refractivity contribution is 0.0411. The number of hydrogen-bond donors (Lipinski definition) is 0. The Labute approximate surface area is 109 Å². The second kappa shape index (κ2) is 4.33. The van der Waals surface area contributed by atoms with Crippen molar-refractivity contribution in [3.8, 4) is 5.75 Å². The van der Waals surface area contributed by atoms with Gasteiger partial charge in [-0.2, -0.15) is 0 Å². The molecule has 2 atom stereocenters. The Balaban J connectivity index is 2.32. The van der Waals surface area contributed by atoms with E-state index in [1.807, 2.05) is 0 Å². The number of halogens is 3. The lowest BCUT2D eigenvalue weighted by atomic mass is 10.1. The van der Waals surface area contributed by atoms with Crippen LogP contribution in [0, 0.1) is 0 Å². The SMILES string of the molecule is COc1ccc(C2ON=CC2(F)Br)cc1Br. The van der Waals surface area contributed by atoms with Crippen LogP contribution in [0.4, 0.5) is 4.39 Å². The number of rotatable bonds is 2. The molecule has 1 aliphatic heterocycles. The van der Waals surface area contributed by atoms with Crippen molar-refractivity contribution in [2.75, 3.05) is 7.11 Å². The Bertz CT molecular complexity index is 437. The number of alkyl halides is 2. The summed E-state index contributed by atoms with van der Waals surface area (Å²) in [4.78, 5) is 4.97. The maximum Gasteiger partial charge on any atom is 0.246 e. The number of methoxy groups -OCH3 is 1. The van der Waals surface area contributed by atoms with E-state index in [1.54, 1.807) is 25.3 Å². The number of benzene rings is 1. The summed E-state index contributed by atoms with van der Waals surface area (Å²) in [5.41, 5.74) is 0.671. The summed E-state index contributed by atoms with van der Waals surface area (Å²) < 4.78 is 17.9. The van der Waals surface area contributed by atoms with Gasteiger partial charge in [-0.15, -0.1) is 0 Å². The fraction of sp³-hybridized carbons (Fsp3) is 0.300. The standard InChI is InChI=1S/C10H8Br2FNO2/c1-15-8-3-2-6(4-7(8)11)9-10(12,13)5-14-16-9/h2-5,9H,1H3. The Hall–Kier alpha value is -0.620. The highest BCUT2D eigenvalue weighted by molar-refractivity contribution is 9.10. The molecule has 6 heteroatoms. The lowest BCUT2D eigenvalue weighted by Crippen LogP contribution is -2.21. The van der Waals surface area contributed by atoms with Crippen LogP contribution in [0.25, 0.3) is 0 Å². The summed E-state index contributed by atoms with van der Waals surface area (Å²) in [5.74, 6) is 0.682. The molecule has 0 saturated carbocycles. The van der Waals surface area contributed by atoms with Gasteiger partial charge in [-0.3, -0.25) is 0 Å². The molecular weight excluding hydrogens is 345 g/mol. The van der Waals surface area contributed by atoms with Crippen LogP contribution < -0.4 is 4.74 Å². The summed E-state index contributed by atoms with van der Waals surface area (Å²) in [6.45, 7) is 0. The molecule has 16 heavy (non-hydrogen) atoms. The Morgan fingerprint density at radius 3 is 2.81 bits per heavy atom. The molecule has 0 fully saturated rings. The van der Waals surface area contributed by atoms with Gasteiger partial charge in [-0.25, -0.2) is 4.39 Å². The Morgan fingerprint density at radius 1 is 1.56 bits per heavy atom. The molecule has 1 aromatic carbocycles. The number of nitrogens with zero attached hydrogens (tertiary/aromatic N) is 1. The van der Waals surface area contributed by atoms with Crippen LogP contribution in [0.15, 0.2) is 27.8 Å². The zero-order valence-electron chi connectivity index (χ0n) is 8.28. The minimum Gasteiger partial charge on any atom is -0.496 e. The third kappa shape index (κ3) is 2.08. The molecule has 0 amide bonds. The van der Waals surface area contributed by atoms with E-state index < -0.39 is 10.7 Å². The molecule has 1 aromatic rings. The topological polar surface area (TPSA) is 30.8 Å². The molecule has 0 aromatic heterocycles. The molecule has 0 saturated heterocycles. The van der Waals surface area contributed by atoms with E-state index in [2.05, 4.69) is 37.0 Å². The third-order valence-electron chi connectivity index (χ3n) is 2.22. The van der Waals surface area contributed by atoms with Crippen LogP contribution in [0.1, 0.15) is 11.7 Å². The summed E-state index contributed by atoms with van der Waals surface area (Å²) in [7, 11) is 1.57. The van der Waals surface area contributed by atoms with Crippen molar-refractivity contribution in [2.45, 2.75) is 10.7 Å². The smallest absolute Gasteiger partial charge is 0.246 e. The molecule has 0 spiro atoms. The zero-order chi connectivity index (χ0) is 11.8. The van der Waals surface area contributed by atoms with Crippen LogP contribution in [-0.2, 0) is 4.84 Å². The van der Waals surface area contributed by atoms with Crippen molar-refractivity contribution >= 4 is 38.1 Å². The molecule has 2 rings (SSSR count). The van der Waals surface area contributed by atoms with Crippen LogP contribution in [0.5, 0.6) is 5.75 Å². The molecule has 1 heterocycles. The highest BCUT2D eigenvalue weighted by Crippen LogP contribution is 2.42. The Kier molecular flexibility index (Phi) is 3.21. The van der Waals surface area contributed by atoms with Gasteiger partial charge in [0.25, 0.3) is 0 Å². The van der Waals surface area contributed by atoms with Gasteiger partial charge in [-0.05, 0) is 44.0 Å². The maximum absolute atomic E-state index is 13.9. The first-order valence-electron chi connectivity index (χ1n) is 4.46. The van der Waals surface area contributed by atoms with Crippen molar-refractivity contribution in [1.82, 2.24) is 0 Å². The number of oxime groups is 1. The quantitative estimate of drug-likeness (QED) is 0.762. The van der Waals surface area contributed by atoms with Crippen molar-refractivity contribution in [1.29, 1.82) is 0 Å². The molecule has 3 nitrogen and oxygen atoms in total. The van der Waals surface area contributed by atoms with Gasteiger partial charge in [0.05, 0.1) is 17.8 Å². The van der Waals surface area contributed by atoms with E-state index in [9.17, 15) is 4.39 Å². The monoisotopic (exact) mass is 351 g/mol. The molecule has 0 aliphatic carbocycles. The van der Waals surface area contributed by atoms with E-state index in [1.165, 1.54) is 0 Å². The van der Waals surface area contributed by atoms with E-state index in [0.717, 1.165) is 10.7 Å². The molecular formula is C10H8Br2FNO2. The Morgan fingerprint density at radius 2 is 2.31 bits per heavy atom. The second-order valence-corrected chi connectivity index (χ2v) is 5.36. The van der Waals surface area contributed by atoms with Crippen molar-refractivity contribution in [3.05, 3.63) is 28.2 Å². The third-order valence-corrected chi connectivity index (χ3v) is 3.46. The average molecular weight is 353 g/mol. The van der Waals surface area contributed by atoms with E-state index in [4.69, 9.17) is 9.57 Å². The largest absolute Gasteiger partial charge is 0.496 e. The zero-order valence-corrected chi connectivity index (χ0v) is 11.5. The molecule has 86 valence electrons. The first kappa shape index (κ1) is 11.9. The first-order chi connectivity index (χ1) is 7.54. The van der Waals surface area contributed by atoms with Gasteiger partial charge >= 0.3 is 0 Å². The first-order valence-corrected chi connectivity index (χ1v) is 6.05. The highest BCUT2D eigenvalue weighted by Gasteiger charge is 2.43. The fourth-order valence-electron chi connectivity index (χ4n) is 1.43. The molecule has 2 unspecified atom stereocenters. The average Bonchev–Trinajstić information content (AvgIpc) is 2.58. The summed E-state index contributed by atoms with van der Waals surface area (Å²) in [6.07, 6.45) is 0.310. The molecule has 0 N–H and O–H groups in total. The fourth-order valence-corrected chi connectivity index (χ4v) is 2.42. The predicted molar refractivity (Wildman–Crippen MR) is 65.8 cm³/mol. The summed E-state index contributed by atoms with van der Waals surface area (Å²) in [6, 6.07) is 5.22. The molecule has 0 radical (unpaired) electrons. The van der Waals surface area contributed by atoms with E-state index in [-0.39, 0.29) is 0 Å². The minimum absolute atomic E-state index is 0.671. The van der Waals surface area contributed by atoms with Crippen LogP contribution >= 0.6 is 31.9 Å². The van der Waals surface area contributed by atoms with Crippen molar-refractivity contribution in [3.63, 3.8) is 0 Å². The van der Waals surface area contributed by atoms with Gasteiger partial charge in [0.2, 0.25) is 10.7 Å². The van der Waals surface area contributed by atoms with Gasteiger partial charge in [0.15, 0.2) is 0 Å². The lowest BCUT2D eigenvalue weighted by Gasteiger charge is -2.18. The normalized spacial score (nSPS) is 27.9. The number of hydrogen-bond acceptors (Lipinski definition) is 3. The van der Waals surface area contributed by atoms with Crippen molar-refractivity contribution < 1.29 is 14.0 Å². The number of ether oxygens (including phenoxy) is 1. The van der Waals surface area contributed by atoms with Crippen molar-refractivity contribution in [2.24, 2.45) is 5.16 Å². The minimum atomic E-state index is -1.76. The van der Waals surface area contributed by atoms with E-state index in [0.29, 0.717) is 11.3 Å². The maximum atomic E-state index is 13.9. The van der Waals surface area contributed by atoms with Gasteiger partial charge < -0.3 is 9.57 Å². The highest BCUT2D eigenvalue weighted by atomic mass is 79.9. The molecule has 0 bridgehead atoms. The van der Waals surface area contributed by atoms with Gasteiger partial charge in [-0.1, -0.05) is 11.2 Å². The predicted octanol–water partition coefficient (Wildman–Crippen LogP) is 3.58. The van der Waals surface area contributed by atoms with Crippen LogP contribution in [0.2, 0.25) is 0 Å². The van der Waals surface area contributed by atoms with Gasteiger partial charge in [0, 0.05) is 5.56 Å².